The van der Waals surface area contributed by atoms with E-state index >= 15 is 0 Å². The summed E-state index contributed by atoms with van der Waals surface area (Å²) in [5, 5.41) is 0. The molecule has 0 unspecified atom stereocenters. The lowest BCUT2D eigenvalue weighted by Gasteiger charge is -2.10. The summed E-state index contributed by atoms with van der Waals surface area (Å²) in [6.07, 6.45) is 7.57. The van der Waals surface area contributed by atoms with E-state index < -0.39 is 0 Å². The largest absolute Gasteiger partial charge is 0.377 e. The third-order valence-electron chi connectivity index (χ3n) is 3.78. The van der Waals surface area contributed by atoms with Gasteiger partial charge >= 0.3 is 0 Å². The molecule has 1 atom stereocenters. The molecule has 0 spiro atoms. The molecule has 3 aromatic rings. The zero-order valence-electron chi connectivity index (χ0n) is 12.8. The second kappa shape index (κ2) is 6.54. The Labute approximate surface area is 130 Å². The molecule has 0 N–H and O–H groups in total. The van der Waals surface area contributed by atoms with E-state index in [-0.39, 0.29) is 6.10 Å². The molecule has 2 heterocycles. The fourth-order valence-corrected chi connectivity index (χ4v) is 2.34. The van der Waals surface area contributed by atoms with Crippen LogP contribution < -0.4 is 0 Å². The van der Waals surface area contributed by atoms with Crippen molar-refractivity contribution in [3.05, 3.63) is 72.4 Å². The van der Waals surface area contributed by atoms with Crippen LogP contribution >= 0.6 is 0 Å². The van der Waals surface area contributed by atoms with Crippen LogP contribution in [0.2, 0.25) is 0 Å². The standard InChI is InChI=1S/C18H19N3O/c1-14(22-2)16-4-6-17(7-5-16)18-8-3-15(11-20-18)12-21-10-9-19-13-21/h3-11,13-14H,12H2,1-2H3/t14-/m0/s1. The predicted octanol–water partition coefficient (Wildman–Crippen LogP) is 3.70. The summed E-state index contributed by atoms with van der Waals surface area (Å²) >= 11 is 0. The first kappa shape index (κ1) is 14.5. The van der Waals surface area contributed by atoms with Gasteiger partial charge in [-0.1, -0.05) is 30.3 Å². The fourth-order valence-electron chi connectivity index (χ4n) is 2.34. The Morgan fingerprint density at radius 3 is 2.55 bits per heavy atom. The minimum Gasteiger partial charge on any atom is -0.377 e. The summed E-state index contributed by atoms with van der Waals surface area (Å²) in [7, 11) is 1.72. The molecule has 0 aliphatic rings. The normalized spacial score (nSPS) is 12.3. The van der Waals surface area contributed by atoms with E-state index in [4.69, 9.17) is 4.74 Å². The molecule has 2 aromatic heterocycles. The van der Waals surface area contributed by atoms with Crippen LogP contribution in [0.3, 0.4) is 0 Å². The summed E-state index contributed by atoms with van der Waals surface area (Å²) in [6, 6.07) is 12.5. The first-order valence-electron chi connectivity index (χ1n) is 7.30. The molecule has 22 heavy (non-hydrogen) atoms. The zero-order valence-corrected chi connectivity index (χ0v) is 12.8. The fraction of sp³-hybridized carbons (Fsp3) is 0.222. The number of imidazole rings is 1. The molecule has 3 rings (SSSR count). The van der Waals surface area contributed by atoms with Gasteiger partial charge in [-0.05, 0) is 24.1 Å². The Hall–Kier alpha value is -2.46. The topological polar surface area (TPSA) is 39.9 Å². The molecule has 0 radical (unpaired) electrons. The summed E-state index contributed by atoms with van der Waals surface area (Å²) in [6.45, 7) is 2.83. The second-order valence-electron chi connectivity index (χ2n) is 5.29. The highest BCUT2D eigenvalue weighted by atomic mass is 16.5. The van der Waals surface area contributed by atoms with Crippen molar-refractivity contribution in [3.8, 4) is 11.3 Å². The van der Waals surface area contributed by atoms with E-state index in [0.717, 1.165) is 23.4 Å². The maximum absolute atomic E-state index is 5.32. The smallest absolute Gasteiger partial charge is 0.0949 e. The average molecular weight is 293 g/mol. The van der Waals surface area contributed by atoms with E-state index in [2.05, 4.69) is 46.4 Å². The van der Waals surface area contributed by atoms with Crippen LogP contribution in [0.5, 0.6) is 0 Å². The number of methoxy groups -OCH3 is 1. The van der Waals surface area contributed by atoms with E-state index in [1.165, 1.54) is 5.56 Å². The summed E-state index contributed by atoms with van der Waals surface area (Å²) in [4.78, 5) is 8.60. The van der Waals surface area contributed by atoms with Gasteiger partial charge in [-0.3, -0.25) is 4.98 Å². The minimum atomic E-state index is 0.111. The number of ether oxygens (including phenoxy) is 1. The maximum atomic E-state index is 5.32. The van der Waals surface area contributed by atoms with Crippen LogP contribution in [0.1, 0.15) is 24.2 Å². The number of nitrogens with zero attached hydrogens (tertiary/aromatic N) is 3. The lowest BCUT2D eigenvalue weighted by molar-refractivity contribution is 0.119. The monoisotopic (exact) mass is 293 g/mol. The molecule has 0 amide bonds. The highest BCUT2D eigenvalue weighted by molar-refractivity contribution is 5.59. The van der Waals surface area contributed by atoms with Gasteiger partial charge in [0.25, 0.3) is 0 Å². The number of pyridine rings is 1. The van der Waals surface area contributed by atoms with E-state index in [1.54, 1.807) is 13.3 Å². The van der Waals surface area contributed by atoms with Gasteiger partial charge in [0.2, 0.25) is 0 Å². The number of benzene rings is 1. The average Bonchev–Trinajstić information content (AvgIpc) is 3.08. The van der Waals surface area contributed by atoms with E-state index in [9.17, 15) is 0 Å². The molecular formula is C18H19N3O. The summed E-state index contributed by atoms with van der Waals surface area (Å²) in [5.74, 6) is 0. The van der Waals surface area contributed by atoms with Crippen LogP contribution in [-0.2, 0) is 11.3 Å². The molecule has 4 heteroatoms. The Balaban J connectivity index is 1.75. The van der Waals surface area contributed by atoms with Crippen molar-refractivity contribution < 1.29 is 4.74 Å². The van der Waals surface area contributed by atoms with Gasteiger partial charge in [0.15, 0.2) is 0 Å². The van der Waals surface area contributed by atoms with E-state index in [1.807, 2.05) is 30.2 Å². The van der Waals surface area contributed by atoms with Crippen LogP contribution in [0.4, 0.5) is 0 Å². The number of aromatic nitrogens is 3. The van der Waals surface area contributed by atoms with Gasteiger partial charge in [0, 0.05) is 37.8 Å². The van der Waals surface area contributed by atoms with Crippen molar-refractivity contribution in [2.45, 2.75) is 19.6 Å². The van der Waals surface area contributed by atoms with Crippen LogP contribution in [-0.4, -0.2) is 21.6 Å². The summed E-state index contributed by atoms with van der Waals surface area (Å²) < 4.78 is 7.35. The SMILES string of the molecule is CO[C@@H](C)c1ccc(-c2ccc(Cn3ccnc3)cn2)cc1. The zero-order chi connectivity index (χ0) is 15.4. The third kappa shape index (κ3) is 3.23. The first-order chi connectivity index (χ1) is 10.8. The van der Waals surface area contributed by atoms with Gasteiger partial charge in [-0.25, -0.2) is 4.98 Å². The lowest BCUT2D eigenvalue weighted by Crippen LogP contribution is -1.97. The number of rotatable bonds is 5. The highest BCUT2D eigenvalue weighted by Gasteiger charge is 2.05. The molecule has 0 saturated carbocycles. The van der Waals surface area contributed by atoms with Crippen molar-refractivity contribution in [2.75, 3.05) is 7.11 Å². The quantitative estimate of drug-likeness (QED) is 0.720. The molecule has 0 saturated heterocycles. The van der Waals surface area contributed by atoms with Crippen LogP contribution in [0, 0.1) is 0 Å². The van der Waals surface area contributed by atoms with Gasteiger partial charge in [0.1, 0.15) is 0 Å². The molecule has 0 aliphatic carbocycles. The molecule has 112 valence electrons. The Bertz CT molecular complexity index is 703. The highest BCUT2D eigenvalue weighted by Crippen LogP contribution is 2.22. The van der Waals surface area contributed by atoms with Gasteiger partial charge in [-0.2, -0.15) is 0 Å². The summed E-state index contributed by atoms with van der Waals surface area (Å²) in [5.41, 5.74) is 4.42. The third-order valence-corrected chi connectivity index (χ3v) is 3.78. The second-order valence-corrected chi connectivity index (χ2v) is 5.29. The number of hydrogen-bond donors (Lipinski definition) is 0. The molecule has 0 bridgehead atoms. The van der Waals surface area contributed by atoms with Crippen LogP contribution in [0.15, 0.2) is 61.3 Å². The van der Waals surface area contributed by atoms with Crippen LogP contribution in [0.25, 0.3) is 11.3 Å². The Morgan fingerprint density at radius 1 is 1.14 bits per heavy atom. The van der Waals surface area contributed by atoms with Gasteiger partial charge < -0.3 is 9.30 Å². The Kier molecular flexibility index (Phi) is 4.30. The first-order valence-corrected chi connectivity index (χ1v) is 7.30. The molecule has 4 nitrogen and oxygen atoms in total. The molecule has 1 aromatic carbocycles. The molecule has 0 aliphatic heterocycles. The molecular weight excluding hydrogens is 274 g/mol. The number of hydrogen-bond acceptors (Lipinski definition) is 3. The van der Waals surface area contributed by atoms with Crippen molar-refractivity contribution >= 4 is 0 Å². The van der Waals surface area contributed by atoms with E-state index in [0.29, 0.717) is 0 Å². The van der Waals surface area contributed by atoms with Crippen molar-refractivity contribution in [2.24, 2.45) is 0 Å². The molecule has 0 fully saturated rings. The Morgan fingerprint density at radius 2 is 1.95 bits per heavy atom. The van der Waals surface area contributed by atoms with Crippen molar-refractivity contribution in [3.63, 3.8) is 0 Å². The van der Waals surface area contributed by atoms with Crippen molar-refractivity contribution in [1.82, 2.24) is 14.5 Å². The van der Waals surface area contributed by atoms with Gasteiger partial charge in [-0.15, -0.1) is 0 Å². The predicted molar refractivity (Wildman–Crippen MR) is 86.4 cm³/mol. The maximum Gasteiger partial charge on any atom is 0.0949 e. The van der Waals surface area contributed by atoms with Gasteiger partial charge in [0.05, 0.1) is 18.1 Å². The van der Waals surface area contributed by atoms with Crippen molar-refractivity contribution in [1.29, 1.82) is 0 Å². The lowest BCUT2D eigenvalue weighted by atomic mass is 10.1. The minimum absolute atomic E-state index is 0.111.